The number of hydrogen-bond acceptors (Lipinski definition) is 4. The first kappa shape index (κ1) is 24.5. The molecule has 0 radical (unpaired) electrons. The summed E-state index contributed by atoms with van der Waals surface area (Å²) >= 11 is 0. The molecule has 0 amide bonds. The van der Waals surface area contributed by atoms with E-state index in [-0.39, 0.29) is 47.0 Å². The molecule has 5 nitrogen and oxygen atoms in total. The van der Waals surface area contributed by atoms with E-state index in [1.807, 2.05) is 0 Å². The van der Waals surface area contributed by atoms with Gasteiger partial charge in [0.05, 0.1) is 17.8 Å². The fourth-order valence-electron chi connectivity index (χ4n) is 9.58. The summed E-state index contributed by atoms with van der Waals surface area (Å²) in [7, 11) is 0. The van der Waals surface area contributed by atoms with Crippen LogP contribution >= 0.6 is 0 Å². The van der Waals surface area contributed by atoms with E-state index in [0.29, 0.717) is 18.3 Å². The summed E-state index contributed by atoms with van der Waals surface area (Å²) in [5.41, 5.74) is -0.927. The third-order valence-electron chi connectivity index (χ3n) is 11.2. The molecule has 0 aromatic heterocycles. The molecular weight excluding hydrogens is 404 g/mol. The summed E-state index contributed by atoms with van der Waals surface area (Å²) in [5.74, 6) is 0.858. The molecule has 0 bridgehead atoms. The van der Waals surface area contributed by atoms with Gasteiger partial charge in [-0.2, -0.15) is 0 Å². The van der Waals surface area contributed by atoms with Crippen LogP contribution in [0.4, 0.5) is 0 Å². The molecule has 4 fully saturated rings. The number of hydrogen-bond donors (Lipinski definition) is 4. The lowest BCUT2D eigenvalue weighted by Gasteiger charge is -2.66. The van der Waals surface area contributed by atoms with Crippen LogP contribution in [0.1, 0.15) is 98.3 Å². The van der Waals surface area contributed by atoms with Crippen molar-refractivity contribution in [2.75, 3.05) is 0 Å². The second-order valence-electron chi connectivity index (χ2n) is 12.6. The molecular formula is C27H46O5. The third-order valence-corrected chi connectivity index (χ3v) is 11.2. The van der Waals surface area contributed by atoms with E-state index in [1.165, 1.54) is 0 Å². The normalized spacial score (nSPS) is 51.4. The van der Waals surface area contributed by atoms with Crippen molar-refractivity contribution in [3.63, 3.8) is 0 Å². The Hall–Kier alpha value is -0.650. The second-order valence-corrected chi connectivity index (χ2v) is 12.6. The largest absolute Gasteiger partial charge is 0.481 e. The van der Waals surface area contributed by atoms with Crippen molar-refractivity contribution in [1.29, 1.82) is 0 Å². The average Bonchev–Trinajstić information content (AvgIpc) is 3.07. The number of aliphatic hydroxyl groups is 3. The fourth-order valence-corrected chi connectivity index (χ4v) is 9.58. The van der Waals surface area contributed by atoms with Gasteiger partial charge < -0.3 is 20.4 Å². The molecule has 32 heavy (non-hydrogen) atoms. The van der Waals surface area contributed by atoms with Gasteiger partial charge in [-0.15, -0.1) is 0 Å². The van der Waals surface area contributed by atoms with E-state index >= 15 is 0 Å². The molecule has 0 saturated heterocycles. The maximum atomic E-state index is 12.2. The number of fused-ring (bicyclic) bond motifs is 5. The van der Waals surface area contributed by atoms with Crippen LogP contribution < -0.4 is 0 Å². The lowest BCUT2D eigenvalue weighted by Crippen LogP contribution is -2.66. The molecule has 0 aromatic carbocycles. The zero-order valence-electron chi connectivity index (χ0n) is 20.6. The topological polar surface area (TPSA) is 98.0 Å². The zero-order chi connectivity index (χ0) is 23.5. The van der Waals surface area contributed by atoms with Crippen molar-refractivity contribution in [3.8, 4) is 0 Å². The Kier molecular flexibility index (Phi) is 6.53. The maximum absolute atomic E-state index is 12.2. The summed E-state index contributed by atoms with van der Waals surface area (Å²) in [6.07, 6.45) is 8.02. The van der Waals surface area contributed by atoms with Crippen LogP contribution in [0.15, 0.2) is 0 Å². The first-order valence-electron chi connectivity index (χ1n) is 13.3. The van der Waals surface area contributed by atoms with Gasteiger partial charge in [0.15, 0.2) is 0 Å². The minimum atomic E-state index is -0.746. The number of rotatable bonds is 6. The molecule has 4 rings (SSSR count). The van der Waals surface area contributed by atoms with Crippen LogP contribution in [0.25, 0.3) is 0 Å². The Labute approximate surface area is 194 Å². The van der Waals surface area contributed by atoms with Gasteiger partial charge in [-0.25, -0.2) is 0 Å². The van der Waals surface area contributed by atoms with Crippen molar-refractivity contribution in [2.45, 2.75) is 116 Å². The molecule has 4 aliphatic carbocycles. The third kappa shape index (κ3) is 3.65. The molecule has 0 aromatic rings. The molecule has 4 N–H and O–H groups in total. The Balaban J connectivity index is 1.69. The minimum absolute atomic E-state index is 0.0686. The van der Waals surface area contributed by atoms with E-state index in [4.69, 9.17) is 0 Å². The summed E-state index contributed by atoms with van der Waals surface area (Å²) in [6, 6.07) is 0. The highest BCUT2D eigenvalue weighted by Crippen LogP contribution is 2.70. The number of carbonyl (C=O) groups is 1. The molecule has 0 spiro atoms. The van der Waals surface area contributed by atoms with Crippen LogP contribution in [0, 0.1) is 46.3 Å². The number of aliphatic carboxylic acids is 1. The monoisotopic (exact) mass is 450 g/mol. The summed E-state index contributed by atoms with van der Waals surface area (Å²) in [6.45, 7) is 8.95. The molecule has 4 saturated carbocycles. The predicted octanol–water partition coefficient (Wildman–Crippen LogP) is 4.62. The van der Waals surface area contributed by atoms with Crippen LogP contribution in [-0.4, -0.2) is 44.2 Å². The molecule has 11 atom stereocenters. The Morgan fingerprint density at radius 3 is 2.47 bits per heavy atom. The zero-order valence-corrected chi connectivity index (χ0v) is 20.6. The van der Waals surface area contributed by atoms with E-state index in [1.54, 1.807) is 0 Å². The minimum Gasteiger partial charge on any atom is -0.481 e. The number of carboxylic acids is 1. The summed E-state index contributed by atoms with van der Waals surface area (Å²) in [4.78, 5) is 11.2. The van der Waals surface area contributed by atoms with E-state index in [0.717, 1.165) is 57.8 Å². The van der Waals surface area contributed by atoms with Crippen molar-refractivity contribution in [2.24, 2.45) is 46.3 Å². The summed E-state index contributed by atoms with van der Waals surface area (Å²) in [5, 5.41) is 43.5. The Bertz CT molecular complexity index is 710. The fraction of sp³-hybridized carbons (Fsp3) is 0.963. The Morgan fingerprint density at radius 1 is 1.09 bits per heavy atom. The number of aliphatic hydroxyl groups excluding tert-OH is 2. The van der Waals surface area contributed by atoms with Crippen molar-refractivity contribution in [1.82, 2.24) is 0 Å². The van der Waals surface area contributed by atoms with E-state index < -0.39 is 17.7 Å². The lowest BCUT2D eigenvalue weighted by molar-refractivity contribution is -0.244. The van der Waals surface area contributed by atoms with Gasteiger partial charge in [0.25, 0.3) is 0 Å². The maximum Gasteiger partial charge on any atom is 0.303 e. The highest BCUT2D eigenvalue weighted by molar-refractivity contribution is 5.66. The van der Waals surface area contributed by atoms with Crippen LogP contribution in [0.3, 0.4) is 0 Å². The van der Waals surface area contributed by atoms with Crippen LogP contribution in [0.2, 0.25) is 0 Å². The molecule has 4 aliphatic rings. The van der Waals surface area contributed by atoms with Crippen LogP contribution in [-0.2, 0) is 4.79 Å². The Morgan fingerprint density at radius 2 is 1.81 bits per heavy atom. The van der Waals surface area contributed by atoms with E-state index in [2.05, 4.69) is 27.7 Å². The lowest BCUT2D eigenvalue weighted by atomic mass is 9.40. The second kappa shape index (κ2) is 8.53. The van der Waals surface area contributed by atoms with E-state index in [9.17, 15) is 25.2 Å². The molecule has 0 heterocycles. The van der Waals surface area contributed by atoms with Crippen molar-refractivity contribution < 1.29 is 25.2 Å². The van der Waals surface area contributed by atoms with Crippen molar-refractivity contribution in [3.05, 3.63) is 0 Å². The van der Waals surface area contributed by atoms with Gasteiger partial charge in [0.2, 0.25) is 0 Å². The van der Waals surface area contributed by atoms with Gasteiger partial charge in [0.1, 0.15) is 0 Å². The summed E-state index contributed by atoms with van der Waals surface area (Å²) < 4.78 is 0. The van der Waals surface area contributed by atoms with Gasteiger partial charge in [-0.05, 0) is 104 Å². The molecule has 5 heteroatoms. The predicted molar refractivity (Wildman–Crippen MR) is 124 cm³/mol. The van der Waals surface area contributed by atoms with Crippen LogP contribution in [0.5, 0.6) is 0 Å². The number of carboxylic acid groups (broad SMARTS) is 1. The SMILES string of the molecule is CCC[C@@]1(O)C[C@@H]2C[C@H](O)CC[C@]2(C)[C@H]2C[C@H](O)[C@]3(C)[C@@H]([C@H](C)CCC(=O)O)CC[C@H]3[C@@H]21. The molecule has 0 unspecified atom stereocenters. The smallest absolute Gasteiger partial charge is 0.303 e. The average molecular weight is 451 g/mol. The highest BCUT2D eigenvalue weighted by Gasteiger charge is 2.68. The standard InChI is InChI=1S/C27H46O5/c1-5-11-27(32)15-17-13-18(28)10-12-25(17,3)21-14-22(29)26(4)19(7-8-20(26)24(21)27)16(2)6-9-23(30)31/h16-22,24,28-29,32H,5-15H2,1-4H3,(H,30,31)/t16-,17+,18-,19-,20+,21+,22+,24+,25+,26-,27-/m1/s1. The highest BCUT2D eigenvalue weighted by atomic mass is 16.4. The van der Waals surface area contributed by atoms with Gasteiger partial charge in [-0.3, -0.25) is 4.79 Å². The van der Waals surface area contributed by atoms with Gasteiger partial charge in [0, 0.05) is 6.42 Å². The van der Waals surface area contributed by atoms with Crippen molar-refractivity contribution >= 4 is 5.97 Å². The first-order valence-corrected chi connectivity index (χ1v) is 13.3. The molecule has 0 aliphatic heterocycles. The van der Waals surface area contributed by atoms with Gasteiger partial charge >= 0.3 is 5.97 Å². The first-order chi connectivity index (χ1) is 15.0. The molecule has 184 valence electrons. The van der Waals surface area contributed by atoms with Gasteiger partial charge in [-0.1, -0.05) is 34.1 Å². The quantitative estimate of drug-likeness (QED) is 0.473.